The van der Waals surface area contributed by atoms with Gasteiger partial charge >= 0.3 is 0 Å². The van der Waals surface area contributed by atoms with Crippen LogP contribution in [0.5, 0.6) is 0 Å². The molecule has 22 heavy (non-hydrogen) atoms. The quantitative estimate of drug-likeness (QED) is 0.836. The normalized spacial score (nSPS) is 25.3. The molecule has 0 aromatic carbocycles. The van der Waals surface area contributed by atoms with Gasteiger partial charge in [0.25, 0.3) is 0 Å². The molecule has 0 radical (unpaired) electrons. The Morgan fingerprint density at radius 1 is 1.36 bits per heavy atom. The number of carbonyl (C=O) groups excluding carboxylic acids is 1. The molecular weight excluding hydrogens is 294 g/mol. The summed E-state index contributed by atoms with van der Waals surface area (Å²) in [7, 11) is 0. The minimum absolute atomic E-state index is 0.218. The summed E-state index contributed by atoms with van der Waals surface area (Å²) in [6.45, 7) is 3.05. The summed E-state index contributed by atoms with van der Waals surface area (Å²) in [6.07, 6.45) is 9.07. The van der Waals surface area contributed by atoms with Crippen LogP contribution in [0.25, 0.3) is 0 Å². The number of likely N-dealkylation sites (tertiary alicyclic amines) is 1. The lowest BCUT2D eigenvalue weighted by Gasteiger charge is -2.19. The average Bonchev–Trinajstić information content (AvgIpc) is 3.29. The first-order chi connectivity index (χ1) is 10.8. The van der Waals surface area contributed by atoms with Gasteiger partial charge < -0.3 is 5.32 Å². The van der Waals surface area contributed by atoms with Crippen molar-refractivity contribution in [1.29, 1.82) is 0 Å². The van der Waals surface area contributed by atoms with Crippen molar-refractivity contribution in [3.8, 4) is 0 Å². The molecule has 0 spiro atoms. The van der Waals surface area contributed by atoms with Gasteiger partial charge in [0.15, 0.2) is 0 Å². The number of thioether (sulfide) groups is 1. The first-order valence-electron chi connectivity index (χ1n) is 8.16. The highest BCUT2D eigenvalue weighted by Gasteiger charge is 2.42. The van der Waals surface area contributed by atoms with Crippen LogP contribution in [0.1, 0.15) is 24.8 Å². The average molecular weight is 319 g/mol. The van der Waals surface area contributed by atoms with Gasteiger partial charge in [-0.3, -0.25) is 14.7 Å². The van der Waals surface area contributed by atoms with E-state index < -0.39 is 0 Å². The SMILES string of the molecule is CSCCC(=O)NC1CN(Cc2ccncc2)CC1C1CC1. The molecule has 2 heterocycles. The molecule has 1 aromatic rings. The van der Waals surface area contributed by atoms with Gasteiger partial charge in [-0.1, -0.05) is 0 Å². The minimum Gasteiger partial charge on any atom is -0.352 e. The number of hydrogen-bond donors (Lipinski definition) is 1. The molecule has 0 bridgehead atoms. The Morgan fingerprint density at radius 2 is 2.14 bits per heavy atom. The molecule has 2 fully saturated rings. The molecule has 3 rings (SSSR count). The Balaban J connectivity index is 1.56. The zero-order chi connectivity index (χ0) is 15.4. The summed E-state index contributed by atoms with van der Waals surface area (Å²) >= 11 is 1.73. The Kier molecular flexibility index (Phi) is 5.37. The van der Waals surface area contributed by atoms with Gasteiger partial charge in [0, 0.05) is 50.2 Å². The number of hydrogen-bond acceptors (Lipinski definition) is 4. The molecule has 5 heteroatoms. The Morgan fingerprint density at radius 3 is 2.82 bits per heavy atom. The highest BCUT2D eigenvalue weighted by Crippen LogP contribution is 2.41. The lowest BCUT2D eigenvalue weighted by atomic mass is 9.98. The van der Waals surface area contributed by atoms with Crippen molar-refractivity contribution in [2.45, 2.75) is 31.8 Å². The molecule has 4 nitrogen and oxygen atoms in total. The molecule has 1 amide bonds. The number of nitrogens with zero attached hydrogens (tertiary/aromatic N) is 2. The fourth-order valence-electron chi connectivity index (χ4n) is 3.42. The van der Waals surface area contributed by atoms with E-state index in [1.807, 2.05) is 18.6 Å². The lowest BCUT2D eigenvalue weighted by Crippen LogP contribution is -2.41. The fourth-order valence-corrected chi connectivity index (χ4v) is 3.81. The Hall–Kier alpha value is -1.07. The predicted molar refractivity (Wildman–Crippen MR) is 90.7 cm³/mol. The third-order valence-electron chi connectivity index (χ3n) is 4.70. The van der Waals surface area contributed by atoms with Gasteiger partial charge in [-0.2, -0.15) is 11.8 Å². The van der Waals surface area contributed by atoms with Crippen molar-refractivity contribution >= 4 is 17.7 Å². The second-order valence-corrected chi connectivity index (χ2v) is 7.45. The number of pyridine rings is 1. The van der Waals surface area contributed by atoms with Crippen LogP contribution in [-0.4, -0.2) is 46.9 Å². The molecule has 1 N–H and O–H groups in total. The highest BCUT2D eigenvalue weighted by molar-refractivity contribution is 7.98. The van der Waals surface area contributed by atoms with Crippen LogP contribution in [0, 0.1) is 11.8 Å². The third kappa shape index (κ3) is 4.23. The summed E-state index contributed by atoms with van der Waals surface area (Å²) in [5.41, 5.74) is 1.30. The number of aromatic nitrogens is 1. The lowest BCUT2D eigenvalue weighted by molar-refractivity contribution is -0.121. The molecule has 1 aromatic heterocycles. The maximum atomic E-state index is 12.1. The second kappa shape index (κ2) is 7.47. The largest absolute Gasteiger partial charge is 0.352 e. The van der Waals surface area contributed by atoms with E-state index in [1.54, 1.807) is 11.8 Å². The van der Waals surface area contributed by atoms with Crippen molar-refractivity contribution in [3.05, 3.63) is 30.1 Å². The van der Waals surface area contributed by atoms with Gasteiger partial charge in [0.1, 0.15) is 0 Å². The second-order valence-electron chi connectivity index (χ2n) is 6.47. The first-order valence-corrected chi connectivity index (χ1v) is 9.55. The van der Waals surface area contributed by atoms with E-state index in [0.29, 0.717) is 18.4 Å². The van der Waals surface area contributed by atoms with Gasteiger partial charge in [0.2, 0.25) is 5.91 Å². The molecule has 1 aliphatic heterocycles. The molecule has 1 saturated carbocycles. The maximum absolute atomic E-state index is 12.1. The fraction of sp³-hybridized carbons (Fsp3) is 0.647. The van der Waals surface area contributed by atoms with Crippen molar-refractivity contribution in [2.24, 2.45) is 11.8 Å². The number of amides is 1. The Labute approximate surface area is 137 Å². The number of nitrogens with one attached hydrogen (secondary N) is 1. The van der Waals surface area contributed by atoms with Crippen molar-refractivity contribution in [1.82, 2.24) is 15.2 Å². The minimum atomic E-state index is 0.218. The smallest absolute Gasteiger partial charge is 0.221 e. The molecule has 2 aliphatic rings. The van der Waals surface area contributed by atoms with Crippen LogP contribution in [-0.2, 0) is 11.3 Å². The van der Waals surface area contributed by atoms with Gasteiger partial charge in [-0.05, 0) is 48.6 Å². The summed E-state index contributed by atoms with van der Waals surface area (Å²) in [5.74, 6) is 2.59. The summed E-state index contributed by atoms with van der Waals surface area (Å²) < 4.78 is 0. The monoisotopic (exact) mass is 319 g/mol. The van der Waals surface area contributed by atoms with Gasteiger partial charge in [0.05, 0.1) is 0 Å². The van der Waals surface area contributed by atoms with E-state index in [-0.39, 0.29) is 5.91 Å². The van der Waals surface area contributed by atoms with E-state index in [1.165, 1.54) is 18.4 Å². The van der Waals surface area contributed by atoms with Gasteiger partial charge in [-0.25, -0.2) is 0 Å². The topological polar surface area (TPSA) is 45.2 Å². The van der Waals surface area contributed by atoms with Crippen molar-refractivity contribution in [2.75, 3.05) is 25.1 Å². The summed E-state index contributed by atoms with van der Waals surface area (Å²) in [5, 5.41) is 3.29. The standard InChI is InChI=1S/C17H25N3OS/c1-22-9-6-17(21)19-16-12-20(11-15(16)14-2-3-14)10-13-4-7-18-8-5-13/h4-5,7-8,14-16H,2-3,6,9-12H2,1H3,(H,19,21). The molecule has 1 saturated heterocycles. The van der Waals surface area contributed by atoms with Crippen LogP contribution in [0.3, 0.4) is 0 Å². The van der Waals surface area contributed by atoms with Gasteiger partial charge in [-0.15, -0.1) is 0 Å². The third-order valence-corrected chi connectivity index (χ3v) is 5.32. The summed E-state index contributed by atoms with van der Waals surface area (Å²) in [6, 6.07) is 4.50. The number of carbonyl (C=O) groups is 1. The van der Waals surface area contributed by atoms with Crippen molar-refractivity contribution < 1.29 is 4.79 Å². The number of rotatable bonds is 7. The van der Waals surface area contributed by atoms with E-state index in [0.717, 1.165) is 31.3 Å². The van der Waals surface area contributed by atoms with E-state index in [4.69, 9.17) is 0 Å². The van der Waals surface area contributed by atoms with Crippen LogP contribution < -0.4 is 5.32 Å². The van der Waals surface area contributed by atoms with Crippen LogP contribution in [0.15, 0.2) is 24.5 Å². The predicted octanol–water partition coefficient (Wildman–Crippen LogP) is 2.16. The molecule has 1 aliphatic carbocycles. The van der Waals surface area contributed by atoms with E-state index in [9.17, 15) is 4.79 Å². The van der Waals surface area contributed by atoms with Crippen LogP contribution in [0.4, 0.5) is 0 Å². The summed E-state index contributed by atoms with van der Waals surface area (Å²) in [4.78, 5) is 18.6. The highest BCUT2D eigenvalue weighted by atomic mass is 32.2. The van der Waals surface area contributed by atoms with Crippen molar-refractivity contribution in [3.63, 3.8) is 0 Å². The molecule has 2 atom stereocenters. The van der Waals surface area contributed by atoms with Crippen LogP contribution >= 0.6 is 11.8 Å². The zero-order valence-corrected chi connectivity index (χ0v) is 14.0. The molecule has 2 unspecified atom stereocenters. The first kappa shape index (κ1) is 15.8. The molecule has 120 valence electrons. The maximum Gasteiger partial charge on any atom is 0.221 e. The molecular formula is C17H25N3OS. The Bertz CT molecular complexity index is 492. The van der Waals surface area contributed by atoms with E-state index >= 15 is 0 Å². The van der Waals surface area contributed by atoms with E-state index in [2.05, 4.69) is 27.3 Å². The van der Waals surface area contributed by atoms with Crippen LogP contribution in [0.2, 0.25) is 0 Å². The zero-order valence-electron chi connectivity index (χ0n) is 13.2.